The highest BCUT2D eigenvalue weighted by molar-refractivity contribution is 6.05. The molecule has 4 N–H and O–H groups in total. The van der Waals surface area contributed by atoms with Gasteiger partial charge in [0.2, 0.25) is 17.8 Å². The van der Waals surface area contributed by atoms with E-state index >= 15 is 0 Å². The number of nitro groups is 1. The van der Waals surface area contributed by atoms with Gasteiger partial charge in [0, 0.05) is 36.8 Å². The average molecular weight is 427 g/mol. The van der Waals surface area contributed by atoms with E-state index in [9.17, 15) is 19.7 Å². The van der Waals surface area contributed by atoms with E-state index in [2.05, 4.69) is 20.6 Å². The lowest BCUT2D eigenvalue weighted by molar-refractivity contribution is -0.385. The number of nitrogen functional groups attached to an aromatic ring is 1. The Morgan fingerprint density at radius 2 is 2.10 bits per heavy atom. The summed E-state index contributed by atoms with van der Waals surface area (Å²) >= 11 is 0. The summed E-state index contributed by atoms with van der Waals surface area (Å²) < 4.78 is 5.32. The standard InChI is InChI=1S/C19H21N7O5/c1-10-2-3-11(8-13(10)26(29)30)21-18(28)12-9-14(27)22-17-15(12)16(20)23-19(24-17)25-4-6-31-7-5-25/h2-3,8,12H,4-7,9H2,1H3,(H,21,28)(H3,20,22,23,24,27)/t12-/m1/s1. The van der Waals surface area contributed by atoms with Crippen LogP contribution in [0.3, 0.4) is 0 Å². The molecule has 2 aliphatic heterocycles. The molecule has 0 spiro atoms. The first-order valence-electron chi connectivity index (χ1n) is 9.69. The molecule has 0 unspecified atom stereocenters. The van der Waals surface area contributed by atoms with Gasteiger partial charge in [-0.25, -0.2) is 0 Å². The van der Waals surface area contributed by atoms with Crippen LogP contribution in [0.15, 0.2) is 18.2 Å². The fourth-order valence-electron chi connectivity index (χ4n) is 3.63. The number of anilines is 4. The SMILES string of the molecule is Cc1ccc(NC(=O)[C@@H]2CC(=O)Nc3nc(N4CCOCC4)nc(N)c32)cc1[N+](=O)[O-]. The normalized spacial score (nSPS) is 18.2. The Bertz CT molecular complexity index is 1070. The van der Waals surface area contributed by atoms with E-state index in [0.717, 1.165) is 0 Å². The number of carbonyl (C=O) groups is 2. The van der Waals surface area contributed by atoms with Crippen LogP contribution < -0.4 is 21.3 Å². The third kappa shape index (κ3) is 4.10. The van der Waals surface area contributed by atoms with Gasteiger partial charge in [0.1, 0.15) is 11.6 Å². The maximum Gasteiger partial charge on any atom is 0.274 e. The third-order valence-corrected chi connectivity index (χ3v) is 5.24. The summed E-state index contributed by atoms with van der Waals surface area (Å²) in [7, 11) is 0. The number of morpholine rings is 1. The van der Waals surface area contributed by atoms with Gasteiger partial charge in [-0.3, -0.25) is 19.7 Å². The van der Waals surface area contributed by atoms with Crippen molar-refractivity contribution in [1.29, 1.82) is 0 Å². The van der Waals surface area contributed by atoms with Crippen LogP contribution in [0, 0.1) is 17.0 Å². The lowest BCUT2D eigenvalue weighted by atomic mass is 9.91. The van der Waals surface area contributed by atoms with Gasteiger partial charge in [0.05, 0.1) is 29.6 Å². The first-order valence-corrected chi connectivity index (χ1v) is 9.69. The van der Waals surface area contributed by atoms with Crippen molar-refractivity contribution in [3.63, 3.8) is 0 Å². The number of carbonyl (C=O) groups excluding carboxylic acids is 2. The number of fused-ring (bicyclic) bond motifs is 1. The Kier molecular flexibility index (Phi) is 5.38. The second kappa shape index (κ2) is 8.14. The molecule has 12 nitrogen and oxygen atoms in total. The van der Waals surface area contributed by atoms with Crippen molar-refractivity contribution in [2.45, 2.75) is 19.3 Å². The van der Waals surface area contributed by atoms with Crippen LogP contribution in [0.25, 0.3) is 0 Å². The number of nitrogens with zero attached hydrogens (tertiary/aromatic N) is 4. The van der Waals surface area contributed by atoms with Crippen molar-refractivity contribution in [2.75, 3.05) is 47.6 Å². The summed E-state index contributed by atoms with van der Waals surface area (Å²) in [6, 6.07) is 4.38. The summed E-state index contributed by atoms with van der Waals surface area (Å²) in [6.07, 6.45) is -0.142. The van der Waals surface area contributed by atoms with Crippen LogP contribution in [0.2, 0.25) is 0 Å². The van der Waals surface area contributed by atoms with Crippen molar-refractivity contribution in [3.05, 3.63) is 39.4 Å². The van der Waals surface area contributed by atoms with Crippen molar-refractivity contribution in [2.24, 2.45) is 0 Å². The smallest absolute Gasteiger partial charge is 0.274 e. The minimum Gasteiger partial charge on any atom is -0.383 e. The van der Waals surface area contributed by atoms with Crippen LogP contribution in [0.1, 0.15) is 23.5 Å². The number of hydrogen-bond acceptors (Lipinski definition) is 9. The largest absolute Gasteiger partial charge is 0.383 e. The second-order valence-electron chi connectivity index (χ2n) is 7.32. The van der Waals surface area contributed by atoms with Gasteiger partial charge in [-0.2, -0.15) is 9.97 Å². The first kappa shape index (κ1) is 20.5. The molecular weight excluding hydrogens is 406 g/mol. The summed E-state index contributed by atoms with van der Waals surface area (Å²) in [4.78, 5) is 46.5. The van der Waals surface area contributed by atoms with Crippen LogP contribution in [0.5, 0.6) is 0 Å². The Labute approximate surface area is 176 Å². The molecule has 1 aromatic heterocycles. The zero-order chi connectivity index (χ0) is 22.1. The second-order valence-corrected chi connectivity index (χ2v) is 7.32. The van der Waals surface area contributed by atoms with Gasteiger partial charge in [-0.1, -0.05) is 6.07 Å². The molecule has 1 saturated heterocycles. The summed E-state index contributed by atoms with van der Waals surface area (Å²) in [6.45, 7) is 3.83. The molecule has 0 saturated carbocycles. The molecule has 0 bridgehead atoms. The van der Waals surface area contributed by atoms with Gasteiger partial charge >= 0.3 is 0 Å². The van der Waals surface area contributed by atoms with Crippen LogP contribution in [-0.4, -0.2) is 53.0 Å². The van der Waals surface area contributed by atoms with Gasteiger partial charge in [0.25, 0.3) is 5.69 Å². The fraction of sp³-hybridized carbons (Fsp3) is 0.368. The molecule has 12 heteroatoms. The Hall–Kier alpha value is -3.80. The maximum atomic E-state index is 13.0. The van der Waals surface area contributed by atoms with E-state index in [1.165, 1.54) is 6.07 Å². The summed E-state index contributed by atoms with van der Waals surface area (Å²) in [5, 5.41) is 16.5. The number of amides is 2. The van der Waals surface area contributed by atoms with Gasteiger partial charge in [-0.05, 0) is 13.0 Å². The summed E-state index contributed by atoms with van der Waals surface area (Å²) in [5.74, 6) is -1.18. The first-order chi connectivity index (χ1) is 14.8. The van der Waals surface area contributed by atoms with Crippen molar-refractivity contribution in [3.8, 4) is 0 Å². The number of nitrogens with two attached hydrogens (primary N) is 1. The van der Waals surface area contributed by atoms with Gasteiger partial charge < -0.3 is 26.0 Å². The lowest BCUT2D eigenvalue weighted by Crippen LogP contribution is -2.38. The Balaban J connectivity index is 1.63. The number of aryl methyl sites for hydroxylation is 1. The zero-order valence-electron chi connectivity index (χ0n) is 16.8. The van der Waals surface area contributed by atoms with Crippen molar-refractivity contribution in [1.82, 2.24) is 9.97 Å². The topological polar surface area (TPSA) is 166 Å². The molecule has 2 amide bonds. The quantitative estimate of drug-likeness (QED) is 0.479. The van der Waals surface area contributed by atoms with E-state index < -0.39 is 16.7 Å². The molecule has 1 aromatic carbocycles. The van der Waals surface area contributed by atoms with E-state index in [-0.39, 0.29) is 35.3 Å². The molecule has 162 valence electrons. The predicted octanol–water partition coefficient (Wildman–Crippen LogP) is 1.18. The highest BCUT2D eigenvalue weighted by atomic mass is 16.6. The van der Waals surface area contributed by atoms with Crippen LogP contribution in [-0.2, 0) is 14.3 Å². The molecule has 1 fully saturated rings. The number of hydrogen-bond donors (Lipinski definition) is 3. The number of ether oxygens (including phenoxy) is 1. The van der Waals surface area contributed by atoms with Crippen molar-refractivity contribution >= 4 is 40.8 Å². The third-order valence-electron chi connectivity index (χ3n) is 5.24. The van der Waals surface area contributed by atoms with Crippen LogP contribution in [0.4, 0.5) is 29.0 Å². The van der Waals surface area contributed by atoms with E-state index in [0.29, 0.717) is 43.4 Å². The molecule has 2 aliphatic rings. The Morgan fingerprint density at radius 1 is 1.35 bits per heavy atom. The molecule has 31 heavy (non-hydrogen) atoms. The zero-order valence-corrected chi connectivity index (χ0v) is 16.8. The van der Waals surface area contributed by atoms with E-state index in [1.807, 2.05) is 4.90 Å². The number of benzene rings is 1. The monoisotopic (exact) mass is 427 g/mol. The molecule has 3 heterocycles. The maximum absolute atomic E-state index is 13.0. The Morgan fingerprint density at radius 3 is 2.81 bits per heavy atom. The fourth-order valence-corrected chi connectivity index (χ4v) is 3.63. The molecule has 2 aromatic rings. The molecule has 4 rings (SSSR count). The summed E-state index contributed by atoms with van der Waals surface area (Å²) in [5.41, 5.74) is 7.11. The number of aromatic nitrogens is 2. The predicted molar refractivity (Wildman–Crippen MR) is 112 cm³/mol. The molecule has 0 aliphatic carbocycles. The highest BCUT2D eigenvalue weighted by Gasteiger charge is 2.35. The van der Waals surface area contributed by atoms with Gasteiger partial charge in [0.15, 0.2) is 0 Å². The molecule has 1 atom stereocenters. The minimum absolute atomic E-state index is 0.0986. The minimum atomic E-state index is -0.928. The highest BCUT2D eigenvalue weighted by Crippen LogP contribution is 2.37. The number of rotatable bonds is 4. The van der Waals surface area contributed by atoms with E-state index in [1.54, 1.807) is 19.1 Å². The lowest BCUT2D eigenvalue weighted by Gasteiger charge is -2.30. The van der Waals surface area contributed by atoms with Crippen molar-refractivity contribution < 1.29 is 19.2 Å². The van der Waals surface area contributed by atoms with E-state index in [4.69, 9.17) is 10.5 Å². The van der Waals surface area contributed by atoms with Crippen LogP contribution >= 0.6 is 0 Å². The average Bonchev–Trinajstić information content (AvgIpc) is 2.74. The number of nitrogens with one attached hydrogen (secondary N) is 2. The molecular formula is C19H21N7O5. The molecule has 0 radical (unpaired) electrons. The van der Waals surface area contributed by atoms with Gasteiger partial charge in [-0.15, -0.1) is 0 Å². The number of nitro benzene ring substituents is 1.